The molecule has 1 aliphatic rings. The molecule has 0 aromatic heterocycles. The number of esters is 1. The maximum Gasteiger partial charge on any atom is 0.338 e. The zero-order valence-electron chi connectivity index (χ0n) is 9.17. The van der Waals surface area contributed by atoms with Gasteiger partial charge in [-0.3, -0.25) is 0 Å². The Kier molecular flexibility index (Phi) is 3.50. The molecule has 14 heavy (non-hydrogen) atoms. The lowest BCUT2D eigenvalue weighted by atomic mass is 10.1. The fourth-order valence-electron chi connectivity index (χ4n) is 1.41. The average molecular weight is 194 g/mol. The van der Waals surface area contributed by atoms with E-state index in [1.165, 1.54) is 12.8 Å². The van der Waals surface area contributed by atoms with Crippen molar-refractivity contribution in [2.24, 2.45) is 0 Å². The Balaban J connectivity index is 2.52. The summed E-state index contributed by atoms with van der Waals surface area (Å²) in [5.41, 5.74) is 0.257. The number of hydrogen-bond donors (Lipinski definition) is 0. The van der Waals surface area contributed by atoms with Gasteiger partial charge in [-0.1, -0.05) is 31.9 Å². The third kappa shape index (κ3) is 3.02. The van der Waals surface area contributed by atoms with Crippen LogP contribution in [-0.2, 0) is 9.53 Å². The smallest absolute Gasteiger partial charge is 0.338 e. The quantitative estimate of drug-likeness (QED) is 0.508. The number of unbranched alkanes of at least 4 members (excludes halogenated alkanes) is 2. The summed E-state index contributed by atoms with van der Waals surface area (Å²) in [5, 5.41) is 0. The van der Waals surface area contributed by atoms with E-state index >= 15 is 0 Å². The molecule has 78 valence electrons. The maximum absolute atomic E-state index is 11.3. The van der Waals surface area contributed by atoms with Crippen molar-refractivity contribution in [3.8, 4) is 0 Å². The van der Waals surface area contributed by atoms with Gasteiger partial charge in [0.05, 0.1) is 5.57 Å². The Labute approximate surface area is 85.6 Å². The standard InChI is InChI=1S/C12H18O2/c1-4-5-6-7-8-10-9-12(2,3)14-11(10)13/h7-9H,4-6H2,1-3H3/b8-7+. The summed E-state index contributed by atoms with van der Waals surface area (Å²) in [6.07, 6.45) is 9.16. The molecule has 0 bridgehead atoms. The van der Waals surface area contributed by atoms with Gasteiger partial charge in [0.15, 0.2) is 0 Å². The van der Waals surface area contributed by atoms with E-state index < -0.39 is 5.60 Å². The largest absolute Gasteiger partial charge is 0.452 e. The summed E-state index contributed by atoms with van der Waals surface area (Å²) in [7, 11) is 0. The van der Waals surface area contributed by atoms with Gasteiger partial charge in [0, 0.05) is 0 Å². The summed E-state index contributed by atoms with van der Waals surface area (Å²) in [6, 6.07) is 0. The van der Waals surface area contributed by atoms with Crippen molar-refractivity contribution in [1.29, 1.82) is 0 Å². The molecule has 1 heterocycles. The minimum absolute atomic E-state index is 0.206. The fraction of sp³-hybridized carbons (Fsp3) is 0.583. The second-order valence-electron chi connectivity index (χ2n) is 4.14. The van der Waals surface area contributed by atoms with Crippen LogP contribution in [0.2, 0.25) is 0 Å². The van der Waals surface area contributed by atoms with E-state index in [1.807, 2.05) is 32.1 Å². The molecule has 0 saturated heterocycles. The first-order valence-corrected chi connectivity index (χ1v) is 5.18. The van der Waals surface area contributed by atoms with E-state index in [1.54, 1.807) is 0 Å². The first kappa shape index (κ1) is 11.0. The summed E-state index contributed by atoms with van der Waals surface area (Å²) >= 11 is 0. The van der Waals surface area contributed by atoms with Gasteiger partial charge in [-0.05, 0) is 26.3 Å². The van der Waals surface area contributed by atoms with E-state index in [0.29, 0.717) is 5.57 Å². The molecule has 0 N–H and O–H groups in total. The third-order valence-corrected chi connectivity index (χ3v) is 2.12. The summed E-state index contributed by atoms with van der Waals surface area (Å²) in [4.78, 5) is 11.3. The van der Waals surface area contributed by atoms with Crippen LogP contribution >= 0.6 is 0 Å². The van der Waals surface area contributed by atoms with Crippen LogP contribution in [0.25, 0.3) is 0 Å². The average Bonchev–Trinajstić information content (AvgIpc) is 2.34. The molecule has 1 rings (SSSR count). The third-order valence-electron chi connectivity index (χ3n) is 2.12. The molecule has 0 aliphatic carbocycles. The van der Waals surface area contributed by atoms with Crippen LogP contribution in [0.4, 0.5) is 0 Å². The van der Waals surface area contributed by atoms with Crippen molar-refractivity contribution < 1.29 is 9.53 Å². The Morgan fingerprint density at radius 3 is 2.71 bits per heavy atom. The highest BCUT2D eigenvalue weighted by Crippen LogP contribution is 2.24. The van der Waals surface area contributed by atoms with Gasteiger partial charge in [-0.25, -0.2) is 4.79 Å². The predicted molar refractivity (Wildman–Crippen MR) is 56.9 cm³/mol. The molecular formula is C12H18O2. The van der Waals surface area contributed by atoms with Crippen LogP contribution < -0.4 is 0 Å². The first-order chi connectivity index (χ1) is 6.55. The van der Waals surface area contributed by atoms with Crippen molar-refractivity contribution in [3.63, 3.8) is 0 Å². The molecule has 0 aromatic carbocycles. The Morgan fingerprint density at radius 2 is 2.21 bits per heavy atom. The molecule has 1 aliphatic heterocycles. The molecule has 0 saturated carbocycles. The van der Waals surface area contributed by atoms with Crippen LogP contribution in [0.5, 0.6) is 0 Å². The molecule has 0 radical (unpaired) electrons. The van der Waals surface area contributed by atoms with Gasteiger partial charge < -0.3 is 4.74 Å². The highest BCUT2D eigenvalue weighted by molar-refractivity contribution is 5.94. The summed E-state index contributed by atoms with van der Waals surface area (Å²) in [5.74, 6) is -0.206. The first-order valence-electron chi connectivity index (χ1n) is 5.18. The lowest BCUT2D eigenvalue weighted by molar-refractivity contribution is -0.143. The van der Waals surface area contributed by atoms with Gasteiger partial charge in [0.1, 0.15) is 5.60 Å². The number of carbonyl (C=O) groups is 1. The van der Waals surface area contributed by atoms with Gasteiger partial charge in [0.25, 0.3) is 0 Å². The topological polar surface area (TPSA) is 26.3 Å². The van der Waals surface area contributed by atoms with E-state index in [4.69, 9.17) is 4.74 Å². The van der Waals surface area contributed by atoms with Crippen LogP contribution in [0, 0.1) is 0 Å². The van der Waals surface area contributed by atoms with Crippen LogP contribution in [0.3, 0.4) is 0 Å². The van der Waals surface area contributed by atoms with Crippen molar-refractivity contribution in [1.82, 2.24) is 0 Å². The Morgan fingerprint density at radius 1 is 1.50 bits per heavy atom. The molecule has 0 aromatic rings. The number of ether oxygens (including phenoxy) is 1. The van der Waals surface area contributed by atoms with E-state index in [2.05, 4.69) is 6.92 Å². The number of carbonyl (C=O) groups excluding carboxylic acids is 1. The number of allylic oxidation sites excluding steroid dienone is 1. The minimum atomic E-state index is -0.429. The molecule has 0 spiro atoms. The van der Waals surface area contributed by atoms with Crippen LogP contribution in [0.1, 0.15) is 40.0 Å². The lowest BCUT2D eigenvalue weighted by Crippen LogP contribution is -2.17. The Bertz CT molecular complexity index is 272. The van der Waals surface area contributed by atoms with Crippen molar-refractivity contribution >= 4 is 5.97 Å². The van der Waals surface area contributed by atoms with Gasteiger partial charge in [-0.15, -0.1) is 0 Å². The highest BCUT2D eigenvalue weighted by Gasteiger charge is 2.29. The molecule has 2 nitrogen and oxygen atoms in total. The zero-order chi connectivity index (χ0) is 10.6. The van der Waals surface area contributed by atoms with Gasteiger partial charge in [0.2, 0.25) is 0 Å². The van der Waals surface area contributed by atoms with Crippen molar-refractivity contribution in [2.75, 3.05) is 0 Å². The highest BCUT2D eigenvalue weighted by atomic mass is 16.6. The van der Waals surface area contributed by atoms with Crippen molar-refractivity contribution in [3.05, 3.63) is 23.8 Å². The van der Waals surface area contributed by atoms with Crippen LogP contribution in [0.15, 0.2) is 23.8 Å². The maximum atomic E-state index is 11.3. The molecule has 0 fully saturated rings. The SMILES string of the molecule is CCCC/C=C/C1=CC(C)(C)OC1=O. The minimum Gasteiger partial charge on any atom is -0.452 e. The number of hydrogen-bond acceptors (Lipinski definition) is 2. The van der Waals surface area contributed by atoms with Crippen molar-refractivity contribution in [2.45, 2.75) is 45.6 Å². The molecule has 0 unspecified atom stereocenters. The lowest BCUT2D eigenvalue weighted by Gasteiger charge is -2.12. The molecular weight excluding hydrogens is 176 g/mol. The van der Waals surface area contributed by atoms with E-state index in [9.17, 15) is 4.79 Å². The second-order valence-corrected chi connectivity index (χ2v) is 4.14. The zero-order valence-corrected chi connectivity index (χ0v) is 9.17. The predicted octanol–water partition coefficient (Wildman–Crippen LogP) is 2.99. The number of cyclic esters (lactones) is 1. The number of rotatable bonds is 4. The normalized spacial score (nSPS) is 19.9. The van der Waals surface area contributed by atoms with Gasteiger partial charge in [-0.2, -0.15) is 0 Å². The monoisotopic (exact) mass is 194 g/mol. The van der Waals surface area contributed by atoms with E-state index in [-0.39, 0.29) is 5.97 Å². The molecule has 0 amide bonds. The molecule has 2 heteroatoms. The van der Waals surface area contributed by atoms with E-state index in [0.717, 1.165) is 6.42 Å². The molecule has 0 atom stereocenters. The summed E-state index contributed by atoms with van der Waals surface area (Å²) in [6.45, 7) is 5.93. The van der Waals surface area contributed by atoms with Crippen LogP contribution in [-0.4, -0.2) is 11.6 Å². The summed E-state index contributed by atoms with van der Waals surface area (Å²) < 4.78 is 5.14. The Hall–Kier alpha value is -1.05. The second kappa shape index (κ2) is 4.45. The fourth-order valence-corrected chi connectivity index (χ4v) is 1.41. The van der Waals surface area contributed by atoms with Gasteiger partial charge >= 0.3 is 5.97 Å².